The summed E-state index contributed by atoms with van der Waals surface area (Å²) in [6.07, 6.45) is 23.8. The summed E-state index contributed by atoms with van der Waals surface area (Å²) in [7, 11) is 0. The molecule has 2 aliphatic rings. The lowest BCUT2D eigenvalue weighted by Crippen LogP contribution is -2.61. The van der Waals surface area contributed by atoms with Crippen LogP contribution in [-0.4, -0.2) is 142 Å². The number of esters is 1. The van der Waals surface area contributed by atoms with E-state index in [4.69, 9.17) is 28.4 Å². The van der Waals surface area contributed by atoms with E-state index in [-0.39, 0.29) is 25.6 Å². The minimum absolute atomic E-state index is 0.0562. The molecular weight excluding hydrogens is 825 g/mol. The Morgan fingerprint density at radius 2 is 0.922 bits per heavy atom. The maximum atomic E-state index is 13.0. The van der Waals surface area contributed by atoms with Crippen LogP contribution >= 0.6 is 0 Å². The molecule has 0 spiro atoms. The third kappa shape index (κ3) is 26.1. The van der Waals surface area contributed by atoms with Gasteiger partial charge in [-0.15, -0.1) is 0 Å². The molecule has 2 saturated heterocycles. The predicted molar refractivity (Wildman–Crippen MR) is 247 cm³/mol. The van der Waals surface area contributed by atoms with Crippen molar-refractivity contribution in [2.75, 3.05) is 33.0 Å². The molecule has 0 saturated carbocycles. The smallest absolute Gasteiger partial charge is 0.306 e. The second kappa shape index (κ2) is 38.4. The quantitative estimate of drug-likeness (QED) is 0.0184. The zero-order valence-electron chi connectivity index (χ0n) is 39.8. The highest BCUT2D eigenvalue weighted by molar-refractivity contribution is 5.69. The highest BCUT2D eigenvalue weighted by Crippen LogP contribution is 2.26. The van der Waals surface area contributed by atoms with Gasteiger partial charge in [-0.25, -0.2) is 0 Å². The maximum Gasteiger partial charge on any atom is 0.306 e. The van der Waals surface area contributed by atoms with E-state index < -0.39 is 80.7 Å². The van der Waals surface area contributed by atoms with Gasteiger partial charge in [-0.05, 0) is 64.2 Å². The van der Waals surface area contributed by atoms with Gasteiger partial charge in [0.15, 0.2) is 12.6 Å². The Kier molecular flexibility index (Phi) is 35.2. The molecular formula is C50H92O14. The topological polar surface area (TPSA) is 214 Å². The number of aliphatic hydroxyl groups is 7. The van der Waals surface area contributed by atoms with Gasteiger partial charge in [-0.1, -0.05) is 141 Å². The van der Waals surface area contributed by atoms with Crippen molar-refractivity contribution in [2.45, 2.75) is 255 Å². The lowest BCUT2D eigenvalue weighted by atomic mass is 9.98. The molecule has 2 rings (SSSR count). The van der Waals surface area contributed by atoms with Crippen molar-refractivity contribution < 1.29 is 69.0 Å². The molecule has 0 radical (unpaired) electrons. The van der Waals surface area contributed by atoms with Crippen LogP contribution in [0.4, 0.5) is 0 Å². The number of aliphatic hydroxyl groups excluding tert-OH is 7. The van der Waals surface area contributed by atoms with Crippen molar-refractivity contribution in [3.05, 3.63) is 24.3 Å². The van der Waals surface area contributed by atoms with Gasteiger partial charge in [-0.2, -0.15) is 0 Å². The number of hydrogen-bond acceptors (Lipinski definition) is 14. The van der Waals surface area contributed by atoms with Gasteiger partial charge in [0, 0.05) is 13.0 Å². The van der Waals surface area contributed by atoms with Gasteiger partial charge >= 0.3 is 5.97 Å². The average molecular weight is 917 g/mol. The molecule has 14 nitrogen and oxygen atoms in total. The van der Waals surface area contributed by atoms with E-state index >= 15 is 0 Å². The standard InChI is InChI=1S/C50H92O14/c1-3-5-7-9-11-13-15-17-18-19-20-22-24-26-28-30-32-34-59-36-39(62-42(52)33-31-29-27-25-23-21-16-14-12-10-8-6-4-2)37-60-49-48(58)46(56)44(54)41(64-49)38-61-50-47(57)45(55)43(53)40(35-51)63-50/h14,16,18-19,39-41,43-51,53-58H,3-13,15,17,20-38H2,1-2H3/b16-14-,19-18-. The van der Waals surface area contributed by atoms with Gasteiger partial charge in [0.2, 0.25) is 0 Å². The van der Waals surface area contributed by atoms with Crippen LogP contribution in [0.1, 0.15) is 187 Å². The van der Waals surface area contributed by atoms with Gasteiger partial charge in [0.05, 0.1) is 26.4 Å². The fourth-order valence-corrected chi connectivity index (χ4v) is 7.98. The minimum Gasteiger partial charge on any atom is -0.457 e. The van der Waals surface area contributed by atoms with Gasteiger partial charge < -0.3 is 64.2 Å². The van der Waals surface area contributed by atoms with E-state index in [0.29, 0.717) is 13.0 Å². The molecule has 7 N–H and O–H groups in total. The molecule has 2 heterocycles. The van der Waals surface area contributed by atoms with Crippen molar-refractivity contribution >= 4 is 5.97 Å². The van der Waals surface area contributed by atoms with Crippen LogP contribution in [0.3, 0.4) is 0 Å². The fraction of sp³-hybridized carbons (Fsp3) is 0.900. The van der Waals surface area contributed by atoms with Gasteiger partial charge in [0.1, 0.15) is 54.9 Å². The third-order valence-electron chi connectivity index (χ3n) is 12.2. The predicted octanol–water partition coefficient (Wildman–Crippen LogP) is 7.24. The zero-order valence-corrected chi connectivity index (χ0v) is 39.8. The molecule has 0 amide bonds. The zero-order chi connectivity index (χ0) is 46.6. The number of ether oxygens (including phenoxy) is 6. The van der Waals surface area contributed by atoms with Crippen molar-refractivity contribution in [2.24, 2.45) is 0 Å². The highest BCUT2D eigenvalue weighted by Gasteiger charge is 2.47. The highest BCUT2D eigenvalue weighted by atomic mass is 16.7. The number of carbonyl (C=O) groups is 1. The van der Waals surface area contributed by atoms with E-state index in [9.17, 15) is 40.5 Å². The molecule has 2 aliphatic heterocycles. The summed E-state index contributed by atoms with van der Waals surface area (Å²) in [6, 6.07) is 0. The first kappa shape index (κ1) is 58.6. The van der Waals surface area contributed by atoms with Crippen LogP contribution in [0.25, 0.3) is 0 Å². The van der Waals surface area contributed by atoms with E-state index in [2.05, 4.69) is 38.2 Å². The van der Waals surface area contributed by atoms with Crippen molar-refractivity contribution in [3.63, 3.8) is 0 Å². The first-order valence-electron chi connectivity index (χ1n) is 25.4. The van der Waals surface area contributed by atoms with Crippen molar-refractivity contribution in [1.82, 2.24) is 0 Å². The lowest BCUT2D eigenvalue weighted by molar-refractivity contribution is -0.332. The molecule has 14 heteroatoms. The van der Waals surface area contributed by atoms with E-state index in [0.717, 1.165) is 64.2 Å². The Morgan fingerprint density at radius 1 is 0.500 bits per heavy atom. The molecule has 0 aromatic heterocycles. The molecule has 2 fully saturated rings. The van der Waals surface area contributed by atoms with Gasteiger partial charge in [0.25, 0.3) is 0 Å². The first-order chi connectivity index (χ1) is 31.1. The number of rotatable bonds is 40. The van der Waals surface area contributed by atoms with Gasteiger partial charge in [-0.3, -0.25) is 4.79 Å². The number of carbonyl (C=O) groups excluding carboxylic acids is 1. The Labute approximate surface area is 386 Å². The summed E-state index contributed by atoms with van der Waals surface area (Å²) >= 11 is 0. The third-order valence-corrected chi connectivity index (χ3v) is 12.2. The second-order valence-electron chi connectivity index (χ2n) is 18.0. The molecule has 64 heavy (non-hydrogen) atoms. The Morgan fingerprint density at radius 3 is 1.44 bits per heavy atom. The lowest BCUT2D eigenvalue weighted by Gasteiger charge is -2.42. The van der Waals surface area contributed by atoms with E-state index in [1.54, 1.807) is 0 Å². The van der Waals surface area contributed by atoms with Crippen LogP contribution in [0.2, 0.25) is 0 Å². The largest absolute Gasteiger partial charge is 0.457 e. The Hall–Kier alpha value is -1.53. The van der Waals surface area contributed by atoms with E-state index in [1.807, 2.05) is 0 Å². The molecule has 0 aromatic rings. The fourth-order valence-electron chi connectivity index (χ4n) is 7.98. The molecule has 11 atom stereocenters. The summed E-state index contributed by atoms with van der Waals surface area (Å²) in [6.45, 7) is 3.65. The molecule has 376 valence electrons. The Bertz CT molecular complexity index is 1160. The maximum absolute atomic E-state index is 13.0. The monoisotopic (exact) mass is 917 g/mol. The molecule has 0 aromatic carbocycles. The van der Waals surface area contributed by atoms with Crippen LogP contribution < -0.4 is 0 Å². The molecule has 11 unspecified atom stereocenters. The van der Waals surface area contributed by atoms with Crippen LogP contribution in [-0.2, 0) is 33.2 Å². The van der Waals surface area contributed by atoms with Crippen LogP contribution in [0.15, 0.2) is 24.3 Å². The SMILES string of the molecule is CCCCCC/C=C\CCCCCCCC(=O)OC(COCCCCCCCC/C=C\CCCCCCCCC)COC1OC(COC2OC(CO)C(O)C(O)C2O)C(O)C(O)C1O. The van der Waals surface area contributed by atoms with E-state index in [1.165, 1.54) is 96.3 Å². The summed E-state index contributed by atoms with van der Waals surface area (Å²) in [4.78, 5) is 13.0. The number of allylic oxidation sites excluding steroid dienone is 4. The number of unbranched alkanes of at least 4 members (excludes halogenated alkanes) is 22. The van der Waals surface area contributed by atoms with Crippen LogP contribution in [0.5, 0.6) is 0 Å². The van der Waals surface area contributed by atoms with Crippen LogP contribution in [0, 0.1) is 0 Å². The number of hydrogen-bond donors (Lipinski definition) is 7. The summed E-state index contributed by atoms with van der Waals surface area (Å²) in [5, 5.41) is 72.1. The summed E-state index contributed by atoms with van der Waals surface area (Å²) in [5.74, 6) is -0.387. The Balaban J connectivity index is 1.78. The minimum atomic E-state index is -1.71. The summed E-state index contributed by atoms with van der Waals surface area (Å²) in [5.41, 5.74) is 0. The first-order valence-corrected chi connectivity index (χ1v) is 25.4. The van der Waals surface area contributed by atoms with Crippen molar-refractivity contribution in [3.8, 4) is 0 Å². The average Bonchev–Trinajstić information content (AvgIpc) is 3.29. The normalized spacial score (nSPS) is 26.9. The summed E-state index contributed by atoms with van der Waals surface area (Å²) < 4.78 is 34.2. The molecule has 0 aliphatic carbocycles. The molecule has 0 bridgehead atoms. The second-order valence-corrected chi connectivity index (χ2v) is 18.0. The van der Waals surface area contributed by atoms with Crippen molar-refractivity contribution in [1.29, 1.82) is 0 Å².